The number of hydrogen-bond donors (Lipinski definition) is 2. The van der Waals surface area contributed by atoms with Gasteiger partial charge in [0.1, 0.15) is 0 Å². The van der Waals surface area contributed by atoms with E-state index in [0.29, 0.717) is 13.1 Å². The molecule has 0 amide bonds. The molecule has 108 valence electrons. The van der Waals surface area contributed by atoms with E-state index in [-0.39, 0.29) is 18.9 Å². The molecule has 0 atom stereocenters. The third kappa shape index (κ3) is 4.91. The van der Waals surface area contributed by atoms with E-state index < -0.39 is 10.0 Å². The van der Waals surface area contributed by atoms with E-state index in [9.17, 15) is 8.42 Å². The highest BCUT2D eigenvalue weighted by Gasteiger charge is 2.21. The number of nitrogens with two attached hydrogens (primary N) is 1. The van der Waals surface area contributed by atoms with Gasteiger partial charge in [-0.1, -0.05) is 31.2 Å². The number of rotatable bonds is 8. The molecule has 0 saturated heterocycles. The summed E-state index contributed by atoms with van der Waals surface area (Å²) < 4.78 is 25.9. The van der Waals surface area contributed by atoms with Gasteiger partial charge in [0.15, 0.2) is 0 Å². The lowest BCUT2D eigenvalue weighted by atomic mass is 10.1. The Labute approximate surface area is 115 Å². The summed E-state index contributed by atoms with van der Waals surface area (Å²) in [5.74, 6) is -0.0547. The quantitative estimate of drug-likeness (QED) is 0.736. The van der Waals surface area contributed by atoms with Crippen LogP contribution in [-0.2, 0) is 22.3 Å². The van der Waals surface area contributed by atoms with E-state index in [1.165, 1.54) is 4.31 Å². The second-order valence-corrected chi connectivity index (χ2v) is 6.37. The van der Waals surface area contributed by atoms with Crippen molar-refractivity contribution >= 4 is 10.0 Å². The van der Waals surface area contributed by atoms with Crippen molar-refractivity contribution in [3.63, 3.8) is 0 Å². The number of benzene rings is 1. The maximum atomic E-state index is 12.3. The second kappa shape index (κ2) is 7.59. The van der Waals surface area contributed by atoms with Crippen LogP contribution in [0.2, 0.25) is 0 Å². The van der Waals surface area contributed by atoms with Gasteiger partial charge >= 0.3 is 0 Å². The van der Waals surface area contributed by atoms with Crippen molar-refractivity contribution in [3.8, 4) is 0 Å². The molecule has 0 aromatic heterocycles. The minimum atomic E-state index is -3.39. The number of aliphatic hydroxyl groups excluding tert-OH is 1. The van der Waals surface area contributed by atoms with Crippen molar-refractivity contribution in [2.45, 2.75) is 25.6 Å². The number of hydrogen-bond acceptors (Lipinski definition) is 4. The highest BCUT2D eigenvalue weighted by Crippen LogP contribution is 2.13. The van der Waals surface area contributed by atoms with Crippen molar-refractivity contribution < 1.29 is 13.5 Å². The summed E-state index contributed by atoms with van der Waals surface area (Å²) >= 11 is 0. The minimum Gasteiger partial charge on any atom is -0.395 e. The summed E-state index contributed by atoms with van der Waals surface area (Å²) in [5, 5.41) is 8.95. The van der Waals surface area contributed by atoms with E-state index in [4.69, 9.17) is 10.8 Å². The molecule has 0 aliphatic heterocycles. The van der Waals surface area contributed by atoms with Gasteiger partial charge in [-0.3, -0.25) is 0 Å². The Kier molecular flexibility index (Phi) is 6.44. The predicted octanol–water partition coefficient (Wildman–Crippen LogP) is 0.679. The van der Waals surface area contributed by atoms with Gasteiger partial charge in [-0.05, 0) is 17.5 Å². The SMILES string of the molecule is CCCN(CCO)S(=O)(=O)Cc1cccc(CN)c1. The third-order valence-corrected chi connectivity index (χ3v) is 4.64. The zero-order valence-corrected chi connectivity index (χ0v) is 12.1. The zero-order chi connectivity index (χ0) is 14.3. The Morgan fingerprint density at radius 1 is 1.26 bits per heavy atom. The van der Waals surface area contributed by atoms with Crippen LogP contribution in [0.15, 0.2) is 24.3 Å². The van der Waals surface area contributed by atoms with E-state index in [2.05, 4.69) is 0 Å². The highest BCUT2D eigenvalue weighted by atomic mass is 32.2. The second-order valence-electron chi connectivity index (χ2n) is 4.40. The number of sulfonamides is 1. The molecule has 5 nitrogen and oxygen atoms in total. The first-order chi connectivity index (χ1) is 9.03. The molecule has 0 aliphatic carbocycles. The number of nitrogens with zero attached hydrogens (tertiary/aromatic N) is 1. The lowest BCUT2D eigenvalue weighted by Crippen LogP contribution is -2.35. The molecule has 3 N–H and O–H groups in total. The molecule has 0 radical (unpaired) electrons. The fourth-order valence-electron chi connectivity index (χ4n) is 1.90. The lowest BCUT2D eigenvalue weighted by molar-refractivity contribution is 0.253. The maximum absolute atomic E-state index is 12.3. The molecular formula is C13H22N2O3S. The smallest absolute Gasteiger partial charge is 0.218 e. The van der Waals surface area contributed by atoms with Crippen molar-refractivity contribution in [1.29, 1.82) is 0 Å². The molecule has 1 aromatic carbocycles. The van der Waals surface area contributed by atoms with Crippen LogP contribution < -0.4 is 5.73 Å². The van der Waals surface area contributed by atoms with Gasteiger partial charge in [-0.2, -0.15) is 4.31 Å². The van der Waals surface area contributed by atoms with Gasteiger partial charge < -0.3 is 10.8 Å². The molecule has 19 heavy (non-hydrogen) atoms. The molecule has 0 spiro atoms. The molecule has 1 rings (SSSR count). The van der Waals surface area contributed by atoms with Gasteiger partial charge in [0.25, 0.3) is 0 Å². The van der Waals surface area contributed by atoms with Crippen LogP contribution in [0.4, 0.5) is 0 Å². The van der Waals surface area contributed by atoms with Crippen molar-refractivity contribution in [1.82, 2.24) is 4.31 Å². The zero-order valence-electron chi connectivity index (χ0n) is 11.2. The van der Waals surface area contributed by atoms with Gasteiger partial charge in [0.2, 0.25) is 10.0 Å². The van der Waals surface area contributed by atoms with Gasteiger partial charge in [0, 0.05) is 19.6 Å². The Hall–Kier alpha value is -0.950. The molecule has 0 fully saturated rings. The van der Waals surface area contributed by atoms with Crippen LogP contribution in [0.25, 0.3) is 0 Å². The predicted molar refractivity (Wildman–Crippen MR) is 75.9 cm³/mol. The van der Waals surface area contributed by atoms with E-state index in [1.807, 2.05) is 19.1 Å². The minimum absolute atomic E-state index is 0.0547. The normalized spacial score (nSPS) is 12.0. The Balaban J connectivity index is 2.87. The first kappa shape index (κ1) is 16.1. The average molecular weight is 286 g/mol. The van der Waals surface area contributed by atoms with E-state index in [0.717, 1.165) is 17.5 Å². The fourth-order valence-corrected chi connectivity index (χ4v) is 3.50. The largest absolute Gasteiger partial charge is 0.395 e. The number of aliphatic hydroxyl groups is 1. The van der Waals surface area contributed by atoms with Gasteiger partial charge in [-0.15, -0.1) is 0 Å². The van der Waals surface area contributed by atoms with Gasteiger partial charge in [0.05, 0.1) is 12.4 Å². The summed E-state index contributed by atoms with van der Waals surface area (Å²) in [4.78, 5) is 0. The average Bonchev–Trinajstić information content (AvgIpc) is 2.38. The van der Waals surface area contributed by atoms with Crippen LogP contribution in [-0.4, -0.2) is 37.5 Å². The summed E-state index contributed by atoms with van der Waals surface area (Å²) in [6.45, 7) is 2.71. The Bertz CT molecular complexity index is 482. The Morgan fingerprint density at radius 3 is 2.53 bits per heavy atom. The summed E-state index contributed by atoms with van der Waals surface area (Å²) in [6, 6.07) is 7.26. The molecular weight excluding hydrogens is 264 g/mol. The Morgan fingerprint density at radius 2 is 1.95 bits per heavy atom. The topological polar surface area (TPSA) is 83.6 Å². The molecule has 0 heterocycles. The third-order valence-electron chi connectivity index (χ3n) is 2.79. The first-order valence-corrected chi connectivity index (χ1v) is 8.01. The standard InChI is InChI=1S/C13H22N2O3S/c1-2-6-15(7-8-16)19(17,18)11-13-5-3-4-12(9-13)10-14/h3-5,9,16H,2,6-8,10-11,14H2,1H3. The molecule has 0 bridgehead atoms. The molecule has 1 aromatic rings. The van der Waals surface area contributed by atoms with Crippen molar-refractivity contribution in [2.75, 3.05) is 19.7 Å². The summed E-state index contributed by atoms with van der Waals surface area (Å²) in [7, 11) is -3.39. The first-order valence-electron chi connectivity index (χ1n) is 6.40. The summed E-state index contributed by atoms with van der Waals surface area (Å²) in [5.41, 5.74) is 7.18. The van der Waals surface area contributed by atoms with E-state index in [1.54, 1.807) is 12.1 Å². The van der Waals surface area contributed by atoms with Crippen LogP contribution in [0.3, 0.4) is 0 Å². The van der Waals surface area contributed by atoms with Crippen LogP contribution in [0.5, 0.6) is 0 Å². The molecule has 0 saturated carbocycles. The van der Waals surface area contributed by atoms with Crippen molar-refractivity contribution in [2.24, 2.45) is 5.73 Å². The molecule has 6 heteroatoms. The van der Waals surface area contributed by atoms with Gasteiger partial charge in [-0.25, -0.2) is 8.42 Å². The van der Waals surface area contributed by atoms with Crippen LogP contribution in [0, 0.1) is 0 Å². The molecule has 0 unspecified atom stereocenters. The van der Waals surface area contributed by atoms with Crippen LogP contribution >= 0.6 is 0 Å². The maximum Gasteiger partial charge on any atom is 0.218 e. The van der Waals surface area contributed by atoms with Crippen molar-refractivity contribution in [3.05, 3.63) is 35.4 Å². The highest BCUT2D eigenvalue weighted by molar-refractivity contribution is 7.88. The monoisotopic (exact) mass is 286 g/mol. The lowest BCUT2D eigenvalue weighted by Gasteiger charge is -2.20. The summed E-state index contributed by atoms with van der Waals surface area (Å²) in [6.07, 6.45) is 0.724. The fraction of sp³-hybridized carbons (Fsp3) is 0.538. The van der Waals surface area contributed by atoms with E-state index >= 15 is 0 Å². The van der Waals surface area contributed by atoms with Crippen LogP contribution in [0.1, 0.15) is 24.5 Å². The molecule has 0 aliphatic rings.